The van der Waals surface area contributed by atoms with Crippen LogP contribution in [0, 0.1) is 21.7 Å². The Morgan fingerprint density at radius 1 is 1.40 bits per heavy atom. The molecule has 110 valence electrons. The molecule has 0 heterocycles. The fourth-order valence-electron chi connectivity index (χ4n) is 1.44. The summed E-state index contributed by atoms with van der Waals surface area (Å²) in [6.07, 6.45) is 0. The quantitative estimate of drug-likeness (QED) is 0.494. The first-order valence-electron chi connectivity index (χ1n) is 4.97. The standard InChI is InChI=1S/C10H8F4N2O4/c1-9(18,10(13,14)8(15)17)5-2-4(16(19)20)3-6(11)7(5)12/h2-3,18H,1H3,(H2,15,17)/t9-/m1/s1. The number of hydrogen-bond donors (Lipinski definition) is 2. The van der Waals surface area contributed by atoms with Crippen LogP contribution in [-0.4, -0.2) is 21.9 Å². The molecule has 1 atom stereocenters. The lowest BCUT2D eigenvalue weighted by atomic mass is 9.88. The maximum absolute atomic E-state index is 13.5. The van der Waals surface area contributed by atoms with Crippen molar-refractivity contribution in [2.24, 2.45) is 5.73 Å². The van der Waals surface area contributed by atoms with Gasteiger partial charge in [-0.2, -0.15) is 8.78 Å². The summed E-state index contributed by atoms with van der Waals surface area (Å²) >= 11 is 0. The predicted molar refractivity (Wildman–Crippen MR) is 56.7 cm³/mol. The SMILES string of the molecule is C[C@@](O)(c1cc([N+](=O)[O-])cc(F)c1F)C(F)(F)C(N)=O. The van der Waals surface area contributed by atoms with Gasteiger partial charge in [-0.25, -0.2) is 8.78 Å². The van der Waals surface area contributed by atoms with Gasteiger partial charge in [0.2, 0.25) is 0 Å². The lowest BCUT2D eigenvalue weighted by molar-refractivity contribution is -0.385. The Morgan fingerprint density at radius 2 is 1.90 bits per heavy atom. The Labute approximate surface area is 109 Å². The third-order valence-electron chi connectivity index (χ3n) is 2.67. The summed E-state index contributed by atoms with van der Waals surface area (Å²) in [6, 6.07) is 0.354. The van der Waals surface area contributed by atoms with Crippen molar-refractivity contribution in [3.63, 3.8) is 0 Å². The van der Waals surface area contributed by atoms with Crippen LogP contribution in [0.25, 0.3) is 0 Å². The van der Waals surface area contributed by atoms with Gasteiger partial charge >= 0.3 is 5.92 Å². The van der Waals surface area contributed by atoms with E-state index in [1.807, 2.05) is 0 Å². The minimum Gasteiger partial charge on any atom is -0.378 e. The van der Waals surface area contributed by atoms with Crippen molar-refractivity contribution >= 4 is 11.6 Å². The Kier molecular flexibility index (Phi) is 3.72. The summed E-state index contributed by atoms with van der Waals surface area (Å²) < 4.78 is 53.6. The molecule has 0 radical (unpaired) electrons. The molecule has 1 amide bonds. The molecule has 0 aliphatic carbocycles. The van der Waals surface area contributed by atoms with Gasteiger partial charge in [-0.05, 0) is 6.92 Å². The van der Waals surface area contributed by atoms with Crippen LogP contribution >= 0.6 is 0 Å². The Morgan fingerprint density at radius 3 is 2.30 bits per heavy atom. The molecule has 1 aromatic carbocycles. The Bertz CT molecular complexity index is 589. The van der Waals surface area contributed by atoms with E-state index in [-0.39, 0.29) is 12.1 Å². The van der Waals surface area contributed by atoms with Crippen LogP contribution in [0.15, 0.2) is 12.1 Å². The van der Waals surface area contributed by atoms with E-state index in [0.29, 0.717) is 6.92 Å². The van der Waals surface area contributed by atoms with E-state index in [4.69, 9.17) is 0 Å². The van der Waals surface area contributed by atoms with E-state index < -0.39 is 45.2 Å². The number of nitrogens with two attached hydrogens (primary N) is 1. The highest BCUT2D eigenvalue weighted by Crippen LogP contribution is 2.40. The zero-order valence-electron chi connectivity index (χ0n) is 9.86. The molecule has 0 spiro atoms. The maximum atomic E-state index is 13.5. The number of carbonyl (C=O) groups is 1. The second kappa shape index (κ2) is 4.71. The highest BCUT2D eigenvalue weighted by molar-refractivity contribution is 5.83. The summed E-state index contributed by atoms with van der Waals surface area (Å²) in [5, 5.41) is 20.1. The molecule has 0 fully saturated rings. The van der Waals surface area contributed by atoms with Crippen molar-refractivity contribution in [3.8, 4) is 0 Å². The molecule has 0 aromatic heterocycles. The number of nitro benzene ring substituents is 1. The number of non-ortho nitro benzene ring substituents is 1. The molecule has 0 unspecified atom stereocenters. The van der Waals surface area contributed by atoms with Crippen LogP contribution < -0.4 is 5.73 Å². The second-order valence-corrected chi connectivity index (χ2v) is 4.06. The molecule has 0 bridgehead atoms. The number of rotatable bonds is 4. The molecule has 10 heteroatoms. The fraction of sp³-hybridized carbons (Fsp3) is 0.300. The highest BCUT2D eigenvalue weighted by atomic mass is 19.3. The summed E-state index contributed by atoms with van der Waals surface area (Å²) in [5.41, 5.74) is -1.70. The van der Waals surface area contributed by atoms with Crippen molar-refractivity contribution in [2.45, 2.75) is 18.4 Å². The van der Waals surface area contributed by atoms with Gasteiger partial charge in [-0.15, -0.1) is 0 Å². The number of aliphatic hydroxyl groups is 1. The maximum Gasteiger partial charge on any atom is 0.356 e. The highest BCUT2D eigenvalue weighted by Gasteiger charge is 2.57. The lowest BCUT2D eigenvalue weighted by Gasteiger charge is -2.30. The van der Waals surface area contributed by atoms with Gasteiger partial charge in [0, 0.05) is 11.6 Å². The van der Waals surface area contributed by atoms with Crippen LogP contribution in [-0.2, 0) is 10.4 Å². The molecule has 0 saturated heterocycles. The fourth-order valence-corrected chi connectivity index (χ4v) is 1.44. The smallest absolute Gasteiger partial charge is 0.356 e. The van der Waals surface area contributed by atoms with Gasteiger partial charge in [0.1, 0.15) is 0 Å². The molecule has 3 N–H and O–H groups in total. The van der Waals surface area contributed by atoms with E-state index in [1.165, 1.54) is 0 Å². The van der Waals surface area contributed by atoms with Crippen molar-refractivity contribution in [1.82, 2.24) is 0 Å². The summed E-state index contributed by atoms with van der Waals surface area (Å²) in [5.74, 6) is -10.7. The number of carbonyl (C=O) groups excluding carboxylic acids is 1. The van der Waals surface area contributed by atoms with Crippen molar-refractivity contribution < 1.29 is 32.4 Å². The number of halogens is 4. The third-order valence-corrected chi connectivity index (χ3v) is 2.67. The first kappa shape index (κ1) is 15.8. The third kappa shape index (κ3) is 2.29. The first-order chi connectivity index (χ1) is 8.92. The predicted octanol–water partition coefficient (Wildman–Crippen LogP) is 1.20. The number of nitro groups is 1. The van der Waals surface area contributed by atoms with Gasteiger partial charge in [-0.1, -0.05) is 0 Å². The van der Waals surface area contributed by atoms with Crippen LogP contribution in [0.3, 0.4) is 0 Å². The molecule has 0 aliphatic rings. The molecule has 1 rings (SSSR count). The van der Waals surface area contributed by atoms with E-state index in [9.17, 15) is 37.6 Å². The average molecular weight is 296 g/mol. The second-order valence-electron chi connectivity index (χ2n) is 4.06. The topological polar surface area (TPSA) is 106 Å². The number of primary amides is 1. The van der Waals surface area contributed by atoms with Crippen LogP contribution in [0.5, 0.6) is 0 Å². The number of alkyl halides is 2. The molecular weight excluding hydrogens is 288 g/mol. The molecular formula is C10H8F4N2O4. The summed E-state index contributed by atoms with van der Waals surface area (Å²) in [4.78, 5) is 19.9. The Hall–Kier alpha value is -2.23. The van der Waals surface area contributed by atoms with Crippen molar-refractivity contribution in [2.75, 3.05) is 0 Å². The zero-order valence-corrected chi connectivity index (χ0v) is 9.86. The summed E-state index contributed by atoms with van der Waals surface area (Å²) in [6.45, 7) is 0.291. The Balaban J connectivity index is 3.60. The summed E-state index contributed by atoms with van der Waals surface area (Å²) in [7, 11) is 0. The number of benzene rings is 1. The molecule has 6 nitrogen and oxygen atoms in total. The van der Waals surface area contributed by atoms with Crippen molar-refractivity contribution in [3.05, 3.63) is 39.4 Å². The van der Waals surface area contributed by atoms with Gasteiger partial charge in [0.05, 0.1) is 11.0 Å². The average Bonchev–Trinajstić information content (AvgIpc) is 2.31. The first-order valence-corrected chi connectivity index (χ1v) is 4.97. The van der Waals surface area contributed by atoms with Crippen LogP contribution in [0.2, 0.25) is 0 Å². The van der Waals surface area contributed by atoms with E-state index >= 15 is 0 Å². The van der Waals surface area contributed by atoms with E-state index in [2.05, 4.69) is 5.73 Å². The van der Waals surface area contributed by atoms with E-state index in [0.717, 1.165) is 0 Å². The van der Waals surface area contributed by atoms with Gasteiger partial charge < -0.3 is 10.8 Å². The molecule has 0 aliphatic heterocycles. The lowest BCUT2D eigenvalue weighted by Crippen LogP contribution is -2.52. The van der Waals surface area contributed by atoms with Crippen molar-refractivity contribution in [1.29, 1.82) is 0 Å². The van der Waals surface area contributed by atoms with Crippen LogP contribution in [0.1, 0.15) is 12.5 Å². The van der Waals surface area contributed by atoms with Gasteiger partial charge in [0.15, 0.2) is 17.2 Å². The zero-order chi connectivity index (χ0) is 15.9. The van der Waals surface area contributed by atoms with Crippen LogP contribution in [0.4, 0.5) is 23.2 Å². The minimum atomic E-state index is -4.67. The number of amides is 1. The molecule has 0 saturated carbocycles. The molecule has 1 aromatic rings. The van der Waals surface area contributed by atoms with E-state index in [1.54, 1.807) is 0 Å². The monoisotopic (exact) mass is 296 g/mol. The number of nitrogens with zero attached hydrogens (tertiary/aromatic N) is 1. The number of hydrogen-bond acceptors (Lipinski definition) is 4. The van der Waals surface area contributed by atoms with Gasteiger partial charge in [0.25, 0.3) is 11.6 Å². The molecule has 20 heavy (non-hydrogen) atoms. The minimum absolute atomic E-state index is 0.150. The normalized spacial score (nSPS) is 14.7. The van der Waals surface area contributed by atoms with Gasteiger partial charge in [-0.3, -0.25) is 14.9 Å². The largest absolute Gasteiger partial charge is 0.378 e.